The minimum absolute atomic E-state index is 0.118. The molecule has 100 valence electrons. The van der Waals surface area contributed by atoms with Gasteiger partial charge >= 0.3 is 5.97 Å². The molecule has 0 saturated heterocycles. The van der Waals surface area contributed by atoms with Crippen LogP contribution in [0.2, 0.25) is 0 Å². The summed E-state index contributed by atoms with van der Waals surface area (Å²) in [5.41, 5.74) is 4.05. The van der Waals surface area contributed by atoms with Gasteiger partial charge in [-0.1, -0.05) is 18.2 Å². The number of imidazole rings is 1. The van der Waals surface area contributed by atoms with E-state index in [9.17, 15) is 4.79 Å². The first-order valence-corrected chi connectivity index (χ1v) is 6.19. The molecule has 0 saturated carbocycles. The Labute approximate surface area is 114 Å². The van der Waals surface area contributed by atoms with Gasteiger partial charge in [0.1, 0.15) is 11.8 Å². The van der Waals surface area contributed by atoms with Gasteiger partial charge in [0, 0.05) is 12.0 Å². The average Bonchev–Trinajstić information content (AvgIpc) is 2.93. The first-order chi connectivity index (χ1) is 9.74. The highest BCUT2D eigenvalue weighted by atomic mass is 16.4. The van der Waals surface area contributed by atoms with Gasteiger partial charge in [-0.15, -0.1) is 0 Å². The summed E-state index contributed by atoms with van der Waals surface area (Å²) in [4.78, 5) is 26.1. The van der Waals surface area contributed by atoms with Crippen molar-refractivity contribution in [2.45, 2.75) is 12.8 Å². The Balaban J connectivity index is 1.99. The first kappa shape index (κ1) is 12.3. The Bertz CT molecular complexity index is 766. The molecule has 3 rings (SSSR count). The molecule has 2 aromatic heterocycles. The van der Waals surface area contributed by atoms with Gasteiger partial charge in [-0.05, 0) is 18.1 Å². The smallest absolute Gasteiger partial charge is 0.303 e. The zero-order valence-corrected chi connectivity index (χ0v) is 10.6. The molecule has 0 atom stereocenters. The van der Waals surface area contributed by atoms with Crippen LogP contribution in [-0.2, 0) is 11.2 Å². The minimum atomic E-state index is -0.798. The molecule has 20 heavy (non-hydrogen) atoms. The topological polar surface area (TPSA) is 91.8 Å². The van der Waals surface area contributed by atoms with E-state index >= 15 is 0 Å². The summed E-state index contributed by atoms with van der Waals surface area (Å²) in [6.45, 7) is 0. The van der Waals surface area contributed by atoms with Gasteiger partial charge in [-0.25, -0.2) is 15.0 Å². The number of nitrogens with zero attached hydrogens (tertiary/aromatic N) is 3. The molecule has 0 radical (unpaired) electrons. The quantitative estimate of drug-likeness (QED) is 0.755. The molecular weight excluding hydrogens is 256 g/mol. The molecular formula is C14H12N4O2. The van der Waals surface area contributed by atoms with E-state index < -0.39 is 5.97 Å². The maximum absolute atomic E-state index is 10.6. The van der Waals surface area contributed by atoms with Crippen LogP contribution in [-0.4, -0.2) is 31.0 Å². The normalized spacial score (nSPS) is 10.8. The van der Waals surface area contributed by atoms with Crippen molar-refractivity contribution >= 4 is 17.1 Å². The number of hydrogen-bond acceptors (Lipinski definition) is 4. The maximum Gasteiger partial charge on any atom is 0.303 e. The number of aromatic amines is 1. The number of carboxylic acids is 1. The second-order valence-corrected chi connectivity index (χ2v) is 4.42. The zero-order chi connectivity index (χ0) is 13.9. The van der Waals surface area contributed by atoms with Crippen molar-refractivity contribution in [3.63, 3.8) is 0 Å². The van der Waals surface area contributed by atoms with Crippen LogP contribution in [0.3, 0.4) is 0 Å². The first-order valence-electron chi connectivity index (χ1n) is 6.19. The maximum atomic E-state index is 10.6. The van der Waals surface area contributed by atoms with Crippen LogP contribution < -0.4 is 0 Å². The Morgan fingerprint density at radius 1 is 1.25 bits per heavy atom. The highest BCUT2D eigenvalue weighted by molar-refractivity contribution is 5.86. The number of carbonyl (C=O) groups is 1. The van der Waals surface area contributed by atoms with Gasteiger partial charge in [-0.3, -0.25) is 4.79 Å². The van der Waals surface area contributed by atoms with Crippen LogP contribution >= 0.6 is 0 Å². The summed E-state index contributed by atoms with van der Waals surface area (Å²) >= 11 is 0. The largest absolute Gasteiger partial charge is 0.481 e. The molecule has 0 unspecified atom stereocenters. The molecule has 2 heterocycles. The third-order valence-electron chi connectivity index (χ3n) is 3.05. The SMILES string of the molecule is O=C(O)CCc1cccc(-c2ncnc3nc[nH]c23)c1. The summed E-state index contributed by atoms with van der Waals surface area (Å²) in [6, 6.07) is 7.70. The number of carboxylic acid groups (broad SMARTS) is 1. The van der Waals surface area contributed by atoms with Crippen molar-refractivity contribution < 1.29 is 9.90 Å². The van der Waals surface area contributed by atoms with E-state index in [2.05, 4.69) is 19.9 Å². The Hall–Kier alpha value is -2.76. The average molecular weight is 268 g/mol. The summed E-state index contributed by atoms with van der Waals surface area (Å²) in [7, 11) is 0. The molecule has 0 amide bonds. The monoisotopic (exact) mass is 268 g/mol. The van der Waals surface area contributed by atoms with Crippen molar-refractivity contribution in [3.05, 3.63) is 42.5 Å². The summed E-state index contributed by atoms with van der Waals surface area (Å²) in [6.07, 6.45) is 3.67. The number of H-pyrrole nitrogens is 1. The summed E-state index contributed by atoms with van der Waals surface area (Å²) < 4.78 is 0. The number of aliphatic carboxylic acids is 1. The summed E-state index contributed by atoms with van der Waals surface area (Å²) in [5.74, 6) is -0.798. The van der Waals surface area contributed by atoms with E-state index in [4.69, 9.17) is 5.11 Å². The molecule has 0 aliphatic heterocycles. The zero-order valence-electron chi connectivity index (χ0n) is 10.6. The molecule has 1 aromatic carbocycles. The fourth-order valence-corrected chi connectivity index (χ4v) is 2.11. The molecule has 0 aliphatic carbocycles. The van der Waals surface area contributed by atoms with Crippen LogP contribution in [0.1, 0.15) is 12.0 Å². The minimum Gasteiger partial charge on any atom is -0.481 e. The van der Waals surface area contributed by atoms with Gasteiger partial charge in [0.25, 0.3) is 0 Å². The van der Waals surface area contributed by atoms with Gasteiger partial charge in [0.15, 0.2) is 5.65 Å². The van der Waals surface area contributed by atoms with Crippen LogP contribution in [0.25, 0.3) is 22.4 Å². The van der Waals surface area contributed by atoms with Gasteiger partial charge in [0.2, 0.25) is 0 Å². The van der Waals surface area contributed by atoms with Crippen LogP contribution in [0, 0.1) is 0 Å². The number of aromatic nitrogens is 4. The van der Waals surface area contributed by atoms with Crippen molar-refractivity contribution in [1.82, 2.24) is 19.9 Å². The van der Waals surface area contributed by atoms with E-state index in [0.717, 1.165) is 22.3 Å². The lowest BCUT2D eigenvalue weighted by molar-refractivity contribution is -0.136. The fraction of sp³-hybridized carbons (Fsp3) is 0.143. The van der Waals surface area contributed by atoms with E-state index in [1.54, 1.807) is 6.33 Å². The number of fused-ring (bicyclic) bond motifs is 1. The third kappa shape index (κ3) is 2.35. The number of hydrogen-bond donors (Lipinski definition) is 2. The highest BCUT2D eigenvalue weighted by Gasteiger charge is 2.09. The number of rotatable bonds is 4. The van der Waals surface area contributed by atoms with Crippen molar-refractivity contribution in [2.24, 2.45) is 0 Å². The van der Waals surface area contributed by atoms with Crippen molar-refractivity contribution in [1.29, 1.82) is 0 Å². The van der Waals surface area contributed by atoms with Crippen LogP contribution in [0.4, 0.5) is 0 Å². The lowest BCUT2D eigenvalue weighted by Gasteiger charge is -2.04. The highest BCUT2D eigenvalue weighted by Crippen LogP contribution is 2.24. The molecule has 0 aliphatic rings. The molecule has 0 spiro atoms. The van der Waals surface area contributed by atoms with E-state index in [0.29, 0.717) is 12.1 Å². The van der Waals surface area contributed by atoms with E-state index in [1.807, 2.05) is 24.3 Å². The van der Waals surface area contributed by atoms with E-state index in [1.165, 1.54) is 6.33 Å². The molecule has 6 nitrogen and oxygen atoms in total. The van der Waals surface area contributed by atoms with Crippen LogP contribution in [0.5, 0.6) is 0 Å². The Kier molecular flexibility index (Phi) is 3.12. The van der Waals surface area contributed by atoms with Gasteiger partial charge in [0.05, 0.1) is 12.0 Å². The second kappa shape index (κ2) is 5.08. The fourth-order valence-electron chi connectivity index (χ4n) is 2.11. The van der Waals surface area contributed by atoms with Crippen molar-refractivity contribution in [3.8, 4) is 11.3 Å². The molecule has 0 fully saturated rings. The van der Waals surface area contributed by atoms with Crippen molar-refractivity contribution in [2.75, 3.05) is 0 Å². The Morgan fingerprint density at radius 3 is 3.00 bits per heavy atom. The standard InChI is InChI=1S/C14H12N4O2/c19-11(20)5-4-9-2-1-3-10(6-9)12-13-14(17-7-15-12)18-8-16-13/h1-3,6-8H,4-5H2,(H,19,20)(H,15,16,17,18). The molecule has 2 N–H and O–H groups in total. The van der Waals surface area contributed by atoms with Gasteiger partial charge in [-0.2, -0.15) is 0 Å². The predicted octanol–water partition coefficient (Wildman–Crippen LogP) is 2.04. The number of aryl methyl sites for hydroxylation is 1. The molecule has 0 bridgehead atoms. The lowest BCUT2D eigenvalue weighted by atomic mass is 10.0. The van der Waals surface area contributed by atoms with Gasteiger partial charge < -0.3 is 10.1 Å². The lowest BCUT2D eigenvalue weighted by Crippen LogP contribution is -1.97. The second-order valence-electron chi connectivity index (χ2n) is 4.42. The third-order valence-corrected chi connectivity index (χ3v) is 3.05. The predicted molar refractivity (Wildman–Crippen MR) is 73.1 cm³/mol. The number of benzene rings is 1. The van der Waals surface area contributed by atoms with E-state index in [-0.39, 0.29) is 6.42 Å². The molecule has 6 heteroatoms. The number of nitrogens with one attached hydrogen (secondary N) is 1. The van der Waals surface area contributed by atoms with Crippen LogP contribution in [0.15, 0.2) is 36.9 Å². The molecule has 3 aromatic rings. The Morgan fingerprint density at radius 2 is 2.15 bits per heavy atom. The summed E-state index contributed by atoms with van der Waals surface area (Å²) in [5, 5.41) is 8.74.